The second kappa shape index (κ2) is 4.71. The summed E-state index contributed by atoms with van der Waals surface area (Å²) in [6.07, 6.45) is 1.91. The van der Waals surface area contributed by atoms with Gasteiger partial charge in [0.15, 0.2) is 5.65 Å². The summed E-state index contributed by atoms with van der Waals surface area (Å²) in [5.74, 6) is 1.08. The molecule has 0 fully saturated rings. The standard InChI is InChI=1S/C12H19N5/c1-8(2)10(13)7-14-12-15-11-6-9(3)4-5-17(11)16-12/h4-6,8,10H,7,13H2,1-3H3,(H,14,16). The lowest BCUT2D eigenvalue weighted by Gasteiger charge is -2.14. The molecule has 0 aliphatic heterocycles. The van der Waals surface area contributed by atoms with Crippen molar-refractivity contribution in [3.63, 3.8) is 0 Å². The molecule has 0 saturated carbocycles. The fourth-order valence-corrected chi connectivity index (χ4v) is 1.50. The predicted molar refractivity (Wildman–Crippen MR) is 69.0 cm³/mol. The third-order valence-corrected chi connectivity index (χ3v) is 2.85. The Hall–Kier alpha value is -1.62. The number of anilines is 1. The Kier molecular flexibility index (Phi) is 3.28. The van der Waals surface area contributed by atoms with Crippen molar-refractivity contribution in [1.82, 2.24) is 14.6 Å². The van der Waals surface area contributed by atoms with Gasteiger partial charge in [-0.15, -0.1) is 5.10 Å². The molecule has 3 N–H and O–H groups in total. The third-order valence-electron chi connectivity index (χ3n) is 2.85. The summed E-state index contributed by atoms with van der Waals surface area (Å²) in [6, 6.07) is 4.12. The van der Waals surface area contributed by atoms with Crippen LogP contribution in [0.5, 0.6) is 0 Å². The number of nitrogens with two attached hydrogens (primary N) is 1. The van der Waals surface area contributed by atoms with Crippen molar-refractivity contribution in [1.29, 1.82) is 0 Å². The first-order chi connectivity index (χ1) is 8.06. The lowest BCUT2D eigenvalue weighted by molar-refractivity contribution is 0.510. The number of hydrogen-bond acceptors (Lipinski definition) is 4. The van der Waals surface area contributed by atoms with Crippen molar-refractivity contribution >= 4 is 11.6 Å². The van der Waals surface area contributed by atoms with Gasteiger partial charge in [0.25, 0.3) is 0 Å². The second-order valence-corrected chi connectivity index (χ2v) is 4.73. The van der Waals surface area contributed by atoms with E-state index in [1.54, 1.807) is 4.52 Å². The molecule has 0 aliphatic carbocycles. The van der Waals surface area contributed by atoms with E-state index < -0.39 is 0 Å². The van der Waals surface area contributed by atoms with Crippen molar-refractivity contribution in [3.05, 3.63) is 23.9 Å². The molecule has 1 unspecified atom stereocenters. The molecule has 92 valence electrons. The first-order valence-corrected chi connectivity index (χ1v) is 5.89. The van der Waals surface area contributed by atoms with Gasteiger partial charge in [-0.2, -0.15) is 4.98 Å². The van der Waals surface area contributed by atoms with Gasteiger partial charge >= 0.3 is 0 Å². The average molecular weight is 233 g/mol. The maximum Gasteiger partial charge on any atom is 0.243 e. The Balaban J connectivity index is 2.09. The number of fused-ring (bicyclic) bond motifs is 1. The number of pyridine rings is 1. The number of aromatic nitrogens is 3. The Labute approximate surface area is 101 Å². The zero-order chi connectivity index (χ0) is 12.4. The van der Waals surface area contributed by atoms with Crippen molar-refractivity contribution in [2.75, 3.05) is 11.9 Å². The first-order valence-electron chi connectivity index (χ1n) is 5.89. The van der Waals surface area contributed by atoms with Gasteiger partial charge in [0, 0.05) is 18.8 Å². The van der Waals surface area contributed by atoms with Crippen molar-refractivity contribution in [2.24, 2.45) is 11.7 Å². The minimum atomic E-state index is 0.114. The molecule has 5 heteroatoms. The van der Waals surface area contributed by atoms with Gasteiger partial charge in [0.2, 0.25) is 5.95 Å². The number of nitrogens with zero attached hydrogens (tertiary/aromatic N) is 3. The summed E-state index contributed by atoms with van der Waals surface area (Å²) in [4.78, 5) is 4.39. The SMILES string of the molecule is Cc1ccn2nc(NCC(N)C(C)C)nc2c1. The van der Waals surface area contributed by atoms with E-state index in [2.05, 4.69) is 29.2 Å². The minimum absolute atomic E-state index is 0.114. The van der Waals surface area contributed by atoms with Crippen LogP contribution < -0.4 is 11.1 Å². The van der Waals surface area contributed by atoms with Crippen LogP contribution in [0.4, 0.5) is 5.95 Å². The van der Waals surface area contributed by atoms with Crippen molar-refractivity contribution in [2.45, 2.75) is 26.8 Å². The quantitative estimate of drug-likeness (QED) is 0.838. The molecule has 2 aromatic rings. The molecule has 0 amide bonds. The van der Waals surface area contributed by atoms with Gasteiger partial charge in [-0.05, 0) is 30.5 Å². The Morgan fingerprint density at radius 3 is 2.94 bits per heavy atom. The molecule has 0 radical (unpaired) electrons. The minimum Gasteiger partial charge on any atom is -0.351 e. The fourth-order valence-electron chi connectivity index (χ4n) is 1.50. The predicted octanol–water partition coefficient (Wildman–Crippen LogP) is 1.43. The fraction of sp³-hybridized carbons (Fsp3) is 0.500. The summed E-state index contributed by atoms with van der Waals surface area (Å²) in [5.41, 5.74) is 7.99. The number of rotatable bonds is 4. The van der Waals surface area contributed by atoms with E-state index in [0.29, 0.717) is 18.4 Å². The summed E-state index contributed by atoms with van der Waals surface area (Å²) >= 11 is 0. The lowest BCUT2D eigenvalue weighted by atomic mass is 10.1. The largest absolute Gasteiger partial charge is 0.351 e. The highest BCUT2D eigenvalue weighted by Crippen LogP contribution is 2.08. The van der Waals surface area contributed by atoms with E-state index in [1.807, 2.05) is 25.3 Å². The molecule has 1 atom stereocenters. The van der Waals surface area contributed by atoms with Gasteiger partial charge in [-0.25, -0.2) is 4.52 Å². The summed E-state index contributed by atoms with van der Waals surface area (Å²) in [6.45, 7) is 6.93. The number of aryl methyl sites for hydroxylation is 1. The highest BCUT2D eigenvalue weighted by atomic mass is 15.3. The zero-order valence-electron chi connectivity index (χ0n) is 10.5. The van der Waals surface area contributed by atoms with Crippen LogP contribution >= 0.6 is 0 Å². The van der Waals surface area contributed by atoms with E-state index in [1.165, 1.54) is 5.56 Å². The van der Waals surface area contributed by atoms with Crippen molar-refractivity contribution < 1.29 is 0 Å². The van der Waals surface area contributed by atoms with Crippen LogP contribution in [-0.4, -0.2) is 27.2 Å². The van der Waals surface area contributed by atoms with E-state index >= 15 is 0 Å². The topological polar surface area (TPSA) is 68.2 Å². The van der Waals surface area contributed by atoms with Gasteiger partial charge in [-0.1, -0.05) is 13.8 Å². The van der Waals surface area contributed by atoms with E-state index in [4.69, 9.17) is 5.73 Å². The van der Waals surface area contributed by atoms with Gasteiger partial charge in [-0.3, -0.25) is 0 Å². The van der Waals surface area contributed by atoms with Gasteiger partial charge in [0.05, 0.1) is 0 Å². The van der Waals surface area contributed by atoms with Crippen LogP contribution in [0.3, 0.4) is 0 Å². The number of hydrogen-bond donors (Lipinski definition) is 2. The first kappa shape index (κ1) is 11.9. The third kappa shape index (κ3) is 2.74. The number of nitrogens with one attached hydrogen (secondary N) is 1. The Morgan fingerprint density at radius 2 is 2.24 bits per heavy atom. The molecule has 5 nitrogen and oxygen atoms in total. The maximum absolute atomic E-state index is 5.96. The van der Waals surface area contributed by atoms with Crippen LogP contribution in [0.25, 0.3) is 5.65 Å². The van der Waals surface area contributed by atoms with E-state index in [0.717, 1.165) is 5.65 Å². The lowest BCUT2D eigenvalue weighted by Crippen LogP contribution is -2.34. The molecular weight excluding hydrogens is 214 g/mol. The molecule has 2 aromatic heterocycles. The molecule has 0 bridgehead atoms. The smallest absolute Gasteiger partial charge is 0.243 e. The molecule has 0 aliphatic rings. The normalized spacial score (nSPS) is 13.2. The summed E-state index contributed by atoms with van der Waals surface area (Å²) in [7, 11) is 0. The molecule has 0 spiro atoms. The highest BCUT2D eigenvalue weighted by molar-refractivity contribution is 5.45. The summed E-state index contributed by atoms with van der Waals surface area (Å²) in [5, 5.41) is 7.49. The monoisotopic (exact) mass is 233 g/mol. The van der Waals surface area contributed by atoms with Crippen LogP contribution in [0.15, 0.2) is 18.3 Å². The molecule has 0 saturated heterocycles. The molecule has 17 heavy (non-hydrogen) atoms. The van der Waals surface area contributed by atoms with E-state index in [9.17, 15) is 0 Å². The van der Waals surface area contributed by atoms with Gasteiger partial charge < -0.3 is 11.1 Å². The zero-order valence-corrected chi connectivity index (χ0v) is 10.5. The molecular formula is C12H19N5. The van der Waals surface area contributed by atoms with Crippen molar-refractivity contribution in [3.8, 4) is 0 Å². The Morgan fingerprint density at radius 1 is 1.47 bits per heavy atom. The van der Waals surface area contributed by atoms with Crippen LogP contribution in [0.2, 0.25) is 0 Å². The van der Waals surface area contributed by atoms with Crippen LogP contribution in [0.1, 0.15) is 19.4 Å². The molecule has 2 rings (SSSR count). The average Bonchev–Trinajstić information content (AvgIpc) is 2.67. The van der Waals surface area contributed by atoms with Crippen LogP contribution in [-0.2, 0) is 0 Å². The second-order valence-electron chi connectivity index (χ2n) is 4.73. The summed E-state index contributed by atoms with van der Waals surface area (Å²) < 4.78 is 1.76. The maximum atomic E-state index is 5.96. The molecule has 0 aromatic carbocycles. The van der Waals surface area contributed by atoms with E-state index in [-0.39, 0.29) is 6.04 Å². The highest BCUT2D eigenvalue weighted by Gasteiger charge is 2.09. The van der Waals surface area contributed by atoms with Gasteiger partial charge in [0.1, 0.15) is 0 Å². The Bertz CT molecular complexity index is 503. The van der Waals surface area contributed by atoms with Crippen LogP contribution in [0, 0.1) is 12.8 Å². The molecule has 2 heterocycles.